The van der Waals surface area contributed by atoms with E-state index in [1.165, 1.54) is 0 Å². The highest BCUT2D eigenvalue weighted by molar-refractivity contribution is 5.77. The van der Waals surface area contributed by atoms with Crippen molar-refractivity contribution in [2.45, 2.75) is 45.6 Å². The van der Waals surface area contributed by atoms with Crippen LogP contribution in [0.3, 0.4) is 0 Å². The van der Waals surface area contributed by atoms with E-state index in [0.717, 1.165) is 12.2 Å². The second-order valence-electron chi connectivity index (χ2n) is 4.14. The van der Waals surface area contributed by atoms with E-state index in [4.69, 9.17) is 11.1 Å². The number of imidazole rings is 1. The number of hydrogen-bond donors (Lipinski definition) is 2. The van der Waals surface area contributed by atoms with Crippen LogP contribution in [0.1, 0.15) is 51.4 Å². The third-order valence-corrected chi connectivity index (χ3v) is 2.54. The van der Waals surface area contributed by atoms with Crippen molar-refractivity contribution in [2.75, 3.05) is 0 Å². The molecule has 3 N–H and O–H groups in total. The predicted molar refractivity (Wildman–Crippen MR) is 62.2 cm³/mol. The molecule has 15 heavy (non-hydrogen) atoms. The van der Waals surface area contributed by atoms with E-state index in [0.29, 0.717) is 12.3 Å². The highest BCUT2D eigenvalue weighted by atomic mass is 15.1. The molecule has 0 amide bonds. The third-order valence-electron chi connectivity index (χ3n) is 2.54. The van der Waals surface area contributed by atoms with Gasteiger partial charge in [-0.25, -0.2) is 4.98 Å². The van der Waals surface area contributed by atoms with Gasteiger partial charge in [0.15, 0.2) is 0 Å². The highest BCUT2D eigenvalue weighted by Gasteiger charge is 2.15. The first-order valence-electron chi connectivity index (χ1n) is 5.41. The molecule has 1 aromatic heterocycles. The molecule has 4 heteroatoms. The fraction of sp³-hybridized carbons (Fsp3) is 0.636. The van der Waals surface area contributed by atoms with Crippen LogP contribution in [0.15, 0.2) is 12.4 Å². The second kappa shape index (κ2) is 4.96. The molecule has 0 bridgehead atoms. The Morgan fingerprint density at radius 1 is 1.60 bits per heavy atom. The summed E-state index contributed by atoms with van der Waals surface area (Å²) in [4.78, 5) is 4.34. The lowest BCUT2D eigenvalue weighted by Crippen LogP contribution is -2.20. The topological polar surface area (TPSA) is 67.7 Å². The SMILES string of the molecule is CCC(CC(=N)N)n1ccnc1C(C)C. The number of nitrogens with one attached hydrogen (secondary N) is 1. The van der Waals surface area contributed by atoms with E-state index < -0.39 is 0 Å². The lowest BCUT2D eigenvalue weighted by molar-refractivity contribution is 0.472. The lowest BCUT2D eigenvalue weighted by atomic mass is 10.1. The van der Waals surface area contributed by atoms with E-state index in [1.807, 2.05) is 12.4 Å². The molecule has 0 aliphatic carbocycles. The molecule has 0 saturated carbocycles. The average Bonchev–Trinajstić information content (AvgIpc) is 2.62. The molecule has 0 aliphatic rings. The van der Waals surface area contributed by atoms with Gasteiger partial charge in [-0.1, -0.05) is 20.8 Å². The zero-order valence-electron chi connectivity index (χ0n) is 9.70. The van der Waals surface area contributed by atoms with Crippen molar-refractivity contribution in [1.29, 1.82) is 5.41 Å². The maximum absolute atomic E-state index is 7.35. The first-order chi connectivity index (χ1) is 7.06. The van der Waals surface area contributed by atoms with Gasteiger partial charge in [0.2, 0.25) is 0 Å². The zero-order valence-corrected chi connectivity index (χ0v) is 9.70. The normalized spacial score (nSPS) is 13.1. The van der Waals surface area contributed by atoms with Crippen molar-refractivity contribution in [3.63, 3.8) is 0 Å². The Morgan fingerprint density at radius 3 is 2.73 bits per heavy atom. The van der Waals surface area contributed by atoms with E-state index >= 15 is 0 Å². The van der Waals surface area contributed by atoms with E-state index in [9.17, 15) is 0 Å². The van der Waals surface area contributed by atoms with Gasteiger partial charge in [-0.3, -0.25) is 5.41 Å². The summed E-state index contributed by atoms with van der Waals surface area (Å²) >= 11 is 0. The van der Waals surface area contributed by atoms with Crippen LogP contribution < -0.4 is 5.73 Å². The summed E-state index contributed by atoms with van der Waals surface area (Å²) in [6.45, 7) is 6.36. The summed E-state index contributed by atoms with van der Waals surface area (Å²) in [7, 11) is 0. The Labute approximate surface area is 91.0 Å². The van der Waals surface area contributed by atoms with Crippen LogP contribution in [0.25, 0.3) is 0 Å². The van der Waals surface area contributed by atoms with Gasteiger partial charge < -0.3 is 10.3 Å². The Bertz CT molecular complexity index is 327. The summed E-state index contributed by atoms with van der Waals surface area (Å²) in [5.74, 6) is 1.72. The summed E-state index contributed by atoms with van der Waals surface area (Å²) in [5.41, 5.74) is 5.45. The number of nitrogens with two attached hydrogens (primary N) is 1. The first-order valence-corrected chi connectivity index (χ1v) is 5.41. The Balaban J connectivity index is 2.91. The van der Waals surface area contributed by atoms with Crippen molar-refractivity contribution in [1.82, 2.24) is 9.55 Å². The predicted octanol–water partition coefficient (Wildman–Crippen LogP) is 2.28. The summed E-state index contributed by atoms with van der Waals surface area (Å²) in [6, 6.07) is 0.266. The van der Waals surface area contributed by atoms with Crippen molar-refractivity contribution in [3.8, 4) is 0 Å². The van der Waals surface area contributed by atoms with Crippen molar-refractivity contribution in [3.05, 3.63) is 18.2 Å². The minimum Gasteiger partial charge on any atom is -0.388 e. The number of amidine groups is 1. The van der Waals surface area contributed by atoms with Gasteiger partial charge in [-0.05, 0) is 6.42 Å². The second-order valence-corrected chi connectivity index (χ2v) is 4.14. The Hall–Kier alpha value is -1.32. The standard InChI is InChI=1S/C11H20N4/c1-4-9(7-10(12)13)15-6-5-14-11(15)8(2)3/h5-6,8-9H,4,7H2,1-3H3,(H3,12,13). The fourth-order valence-corrected chi connectivity index (χ4v) is 1.77. The Morgan fingerprint density at radius 2 is 2.27 bits per heavy atom. The van der Waals surface area contributed by atoms with Crippen LogP contribution in [0, 0.1) is 5.41 Å². The van der Waals surface area contributed by atoms with E-state index in [-0.39, 0.29) is 11.9 Å². The molecule has 1 rings (SSSR count). The van der Waals surface area contributed by atoms with E-state index in [1.54, 1.807) is 0 Å². The number of nitrogens with zero attached hydrogens (tertiary/aromatic N) is 2. The fourth-order valence-electron chi connectivity index (χ4n) is 1.77. The summed E-state index contributed by atoms with van der Waals surface area (Å²) in [6.07, 6.45) is 5.37. The van der Waals surface area contributed by atoms with Gasteiger partial charge in [-0.15, -0.1) is 0 Å². The molecular formula is C11H20N4. The average molecular weight is 208 g/mol. The molecule has 0 radical (unpaired) electrons. The van der Waals surface area contributed by atoms with Gasteiger partial charge in [0.1, 0.15) is 5.82 Å². The van der Waals surface area contributed by atoms with Gasteiger partial charge in [0, 0.05) is 30.8 Å². The molecule has 1 atom stereocenters. The first kappa shape index (κ1) is 11.8. The van der Waals surface area contributed by atoms with Crippen molar-refractivity contribution < 1.29 is 0 Å². The van der Waals surface area contributed by atoms with Crippen molar-refractivity contribution >= 4 is 5.84 Å². The van der Waals surface area contributed by atoms with E-state index in [2.05, 4.69) is 30.3 Å². The van der Waals surface area contributed by atoms with Crippen LogP contribution in [0.4, 0.5) is 0 Å². The van der Waals surface area contributed by atoms with Gasteiger partial charge >= 0.3 is 0 Å². The third kappa shape index (κ3) is 2.81. The molecule has 84 valence electrons. The smallest absolute Gasteiger partial charge is 0.111 e. The molecule has 0 aromatic carbocycles. The minimum absolute atomic E-state index is 0.241. The summed E-state index contributed by atoms with van der Waals surface area (Å²) in [5, 5.41) is 7.35. The molecular weight excluding hydrogens is 188 g/mol. The summed E-state index contributed by atoms with van der Waals surface area (Å²) < 4.78 is 2.14. The number of hydrogen-bond acceptors (Lipinski definition) is 2. The molecule has 0 fully saturated rings. The largest absolute Gasteiger partial charge is 0.388 e. The molecule has 1 heterocycles. The number of aromatic nitrogens is 2. The quantitative estimate of drug-likeness (QED) is 0.576. The Kier molecular flexibility index (Phi) is 3.88. The monoisotopic (exact) mass is 208 g/mol. The molecule has 0 saturated heterocycles. The molecule has 0 spiro atoms. The highest BCUT2D eigenvalue weighted by Crippen LogP contribution is 2.21. The molecule has 0 aliphatic heterocycles. The van der Waals surface area contributed by atoms with Crippen LogP contribution in [0.2, 0.25) is 0 Å². The van der Waals surface area contributed by atoms with Crippen molar-refractivity contribution in [2.24, 2.45) is 5.73 Å². The maximum atomic E-state index is 7.35. The molecule has 1 aromatic rings. The van der Waals surface area contributed by atoms with Gasteiger partial charge in [0.05, 0.1) is 5.84 Å². The zero-order chi connectivity index (χ0) is 11.4. The van der Waals surface area contributed by atoms with Gasteiger partial charge in [0.25, 0.3) is 0 Å². The molecule has 1 unspecified atom stereocenters. The maximum Gasteiger partial charge on any atom is 0.111 e. The van der Waals surface area contributed by atoms with Crippen LogP contribution in [-0.4, -0.2) is 15.4 Å². The number of rotatable bonds is 5. The van der Waals surface area contributed by atoms with Crippen LogP contribution in [-0.2, 0) is 0 Å². The lowest BCUT2D eigenvalue weighted by Gasteiger charge is -2.20. The molecule has 4 nitrogen and oxygen atoms in total. The van der Waals surface area contributed by atoms with Crippen LogP contribution >= 0.6 is 0 Å². The van der Waals surface area contributed by atoms with Crippen LogP contribution in [0.5, 0.6) is 0 Å². The minimum atomic E-state index is 0.241. The van der Waals surface area contributed by atoms with Gasteiger partial charge in [-0.2, -0.15) is 0 Å².